The van der Waals surface area contributed by atoms with Crippen molar-refractivity contribution in [2.45, 2.75) is 51.9 Å². The molecule has 2 saturated carbocycles. The van der Waals surface area contributed by atoms with E-state index < -0.39 is 35.7 Å². The third-order valence-electron chi connectivity index (χ3n) is 7.93. The van der Waals surface area contributed by atoms with Gasteiger partial charge in [0.05, 0.1) is 12.0 Å². The van der Waals surface area contributed by atoms with Crippen molar-refractivity contribution in [1.29, 1.82) is 0 Å². The van der Waals surface area contributed by atoms with Crippen LogP contribution in [0.1, 0.15) is 34.1 Å². The second kappa shape index (κ2) is 4.83. The molecular formula is C20H28O5. The van der Waals surface area contributed by atoms with Crippen molar-refractivity contribution in [3.63, 3.8) is 0 Å². The van der Waals surface area contributed by atoms with Crippen molar-refractivity contribution >= 4 is 5.78 Å². The maximum Gasteiger partial charge on any atom is 0.153 e. The molecule has 0 unspecified atom stereocenters. The molecule has 2 bridgehead atoms. The van der Waals surface area contributed by atoms with E-state index in [1.54, 1.807) is 19.1 Å². The zero-order chi connectivity index (χ0) is 18.5. The van der Waals surface area contributed by atoms with Crippen LogP contribution in [0.3, 0.4) is 0 Å². The maximum absolute atomic E-state index is 13.7. The van der Waals surface area contributed by atoms with Crippen LogP contribution in [0.25, 0.3) is 0 Å². The first-order valence-electron chi connectivity index (χ1n) is 9.18. The molecule has 4 N–H and O–H groups in total. The molecular weight excluding hydrogens is 320 g/mol. The molecule has 0 heterocycles. The third-order valence-corrected chi connectivity index (χ3v) is 7.93. The topological polar surface area (TPSA) is 98.0 Å². The molecule has 0 radical (unpaired) electrons. The highest BCUT2D eigenvalue weighted by atomic mass is 16.4. The molecule has 4 aliphatic carbocycles. The summed E-state index contributed by atoms with van der Waals surface area (Å²) in [5, 5.41) is 43.0. The molecule has 1 spiro atoms. The summed E-state index contributed by atoms with van der Waals surface area (Å²) < 4.78 is 0. The normalized spacial score (nSPS) is 53.2. The van der Waals surface area contributed by atoms with E-state index in [2.05, 4.69) is 13.8 Å². The Labute approximate surface area is 148 Å². The van der Waals surface area contributed by atoms with Crippen molar-refractivity contribution in [2.24, 2.45) is 34.5 Å². The molecule has 2 fully saturated rings. The van der Waals surface area contributed by atoms with Gasteiger partial charge in [-0.25, -0.2) is 0 Å². The largest absolute Gasteiger partial charge is 0.392 e. The molecule has 4 aliphatic rings. The number of allylic oxidation sites excluding steroid dienone is 1. The Bertz CT molecular complexity index is 707. The van der Waals surface area contributed by atoms with Gasteiger partial charge in [-0.2, -0.15) is 0 Å². The average Bonchev–Trinajstić information content (AvgIpc) is 3.05. The van der Waals surface area contributed by atoms with E-state index in [0.717, 1.165) is 6.42 Å². The summed E-state index contributed by atoms with van der Waals surface area (Å²) in [4.78, 5) is 13.7. The first-order valence-corrected chi connectivity index (χ1v) is 9.18. The van der Waals surface area contributed by atoms with E-state index in [9.17, 15) is 25.2 Å². The van der Waals surface area contributed by atoms with Gasteiger partial charge in [0.1, 0.15) is 17.8 Å². The van der Waals surface area contributed by atoms with Gasteiger partial charge in [-0.05, 0) is 47.7 Å². The van der Waals surface area contributed by atoms with Crippen LogP contribution in [0.5, 0.6) is 0 Å². The molecule has 0 aromatic carbocycles. The van der Waals surface area contributed by atoms with Crippen LogP contribution in [0.4, 0.5) is 0 Å². The van der Waals surface area contributed by atoms with Gasteiger partial charge in [0.2, 0.25) is 0 Å². The lowest BCUT2D eigenvalue weighted by atomic mass is 9.59. The van der Waals surface area contributed by atoms with Crippen LogP contribution >= 0.6 is 0 Å². The molecule has 5 nitrogen and oxygen atoms in total. The Hall–Kier alpha value is -1.01. The Balaban J connectivity index is 1.99. The molecule has 0 saturated heterocycles. The van der Waals surface area contributed by atoms with Gasteiger partial charge in [-0.1, -0.05) is 32.9 Å². The lowest BCUT2D eigenvalue weighted by Gasteiger charge is -2.48. The van der Waals surface area contributed by atoms with Gasteiger partial charge in [-0.15, -0.1) is 0 Å². The minimum atomic E-state index is -2.03. The molecule has 0 aromatic heterocycles. The summed E-state index contributed by atoms with van der Waals surface area (Å²) in [6.07, 6.45) is 1.34. The SMILES string of the molecule is CC1=C[C@@]23C(=O)[C@@H](C=C(CO)[C@H](O)[C@@]2(O)[C@@H]1O)[C@@H]1[C@H](C[C@@H]3C)C1(C)C. The van der Waals surface area contributed by atoms with E-state index in [4.69, 9.17) is 0 Å². The van der Waals surface area contributed by atoms with Crippen molar-refractivity contribution in [3.05, 3.63) is 23.3 Å². The van der Waals surface area contributed by atoms with Gasteiger partial charge >= 0.3 is 0 Å². The predicted molar refractivity (Wildman–Crippen MR) is 91.4 cm³/mol. The third kappa shape index (κ3) is 1.71. The number of hydrogen-bond acceptors (Lipinski definition) is 5. The zero-order valence-corrected chi connectivity index (χ0v) is 15.2. The maximum atomic E-state index is 13.7. The van der Waals surface area contributed by atoms with E-state index in [1.165, 1.54) is 0 Å². The lowest BCUT2D eigenvalue weighted by Crippen LogP contribution is -2.65. The molecule has 4 rings (SSSR count). The number of hydrogen-bond donors (Lipinski definition) is 4. The highest BCUT2D eigenvalue weighted by Gasteiger charge is 2.75. The summed E-state index contributed by atoms with van der Waals surface area (Å²) in [5.74, 6) is -0.288. The van der Waals surface area contributed by atoms with Crippen LogP contribution < -0.4 is 0 Å². The quantitative estimate of drug-likeness (QED) is 0.526. The summed E-state index contributed by atoms with van der Waals surface area (Å²) in [6.45, 7) is 7.50. The van der Waals surface area contributed by atoms with Crippen LogP contribution in [-0.4, -0.2) is 50.6 Å². The number of fused-ring (bicyclic) bond motifs is 3. The Morgan fingerprint density at radius 1 is 1.24 bits per heavy atom. The summed E-state index contributed by atoms with van der Waals surface area (Å²) in [6, 6.07) is 0. The molecule has 8 atom stereocenters. The average molecular weight is 348 g/mol. The molecule has 0 aliphatic heterocycles. The Morgan fingerprint density at radius 2 is 1.88 bits per heavy atom. The lowest BCUT2D eigenvalue weighted by molar-refractivity contribution is -0.190. The molecule has 0 aromatic rings. The second-order valence-electron chi connectivity index (χ2n) is 9.27. The molecule has 138 valence electrons. The van der Waals surface area contributed by atoms with E-state index >= 15 is 0 Å². The summed E-state index contributed by atoms with van der Waals surface area (Å²) >= 11 is 0. The minimum absolute atomic E-state index is 0.0245. The number of ketones is 1. The van der Waals surface area contributed by atoms with E-state index in [0.29, 0.717) is 11.5 Å². The fourth-order valence-corrected chi connectivity index (χ4v) is 6.43. The first-order chi connectivity index (χ1) is 11.5. The first kappa shape index (κ1) is 17.4. The number of rotatable bonds is 1. The van der Waals surface area contributed by atoms with Crippen molar-refractivity contribution in [3.8, 4) is 0 Å². The van der Waals surface area contributed by atoms with Gasteiger partial charge < -0.3 is 20.4 Å². The number of aliphatic hydroxyl groups excluding tert-OH is 3. The Kier molecular flexibility index (Phi) is 3.36. The monoisotopic (exact) mass is 348 g/mol. The predicted octanol–water partition coefficient (Wildman–Crippen LogP) is 0.815. The standard InChI is InChI=1S/C20H28O5/c1-9-7-19-10(2)5-13-14(18(13,3)4)12(17(19)24)6-11(8-21)16(23)20(19,25)15(9)22/h6-7,10,12-16,21-23,25H,5,8H2,1-4H3/t10-,12-,13-,14+,15+,16-,19+,20-/m0/s1. The smallest absolute Gasteiger partial charge is 0.153 e. The fourth-order valence-electron chi connectivity index (χ4n) is 6.43. The van der Waals surface area contributed by atoms with Crippen LogP contribution in [0.15, 0.2) is 23.3 Å². The van der Waals surface area contributed by atoms with Crippen LogP contribution in [0, 0.1) is 34.5 Å². The molecule has 5 heteroatoms. The highest BCUT2D eigenvalue weighted by Crippen LogP contribution is 2.71. The number of carbonyl (C=O) groups is 1. The molecule has 25 heavy (non-hydrogen) atoms. The van der Waals surface area contributed by atoms with Crippen molar-refractivity contribution < 1.29 is 25.2 Å². The Morgan fingerprint density at radius 3 is 2.48 bits per heavy atom. The van der Waals surface area contributed by atoms with Gasteiger partial charge in [0, 0.05) is 5.92 Å². The van der Waals surface area contributed by atoms with E-state index in [-0.39, 0.29) is 28.6 Å². The zero-order valence-electron chi connectivity index (χ0n) is 15.2. The van der Waals surface area contributed by atoms with E-state index in [1.807, 2.05) is 6.92 Å². The van der Waals surface area contributed by atoms with Gasteiger partial charge in [0.15, 0.2) is 5.78 Å². The number of aliphatic hydroxyl groups is 4. The second-order valence-corrected chi connectivity index (χ2v) is 9.27. The molecule has 0 amide bonds. The van der Waals surface area contributed by atoms with Crippen LogP contribution in [-0.2, 0) is 4.79 Å². The summed E-state index contributed by atoms with van der Waals surface area (Å²) in [7, 11) is 0. The van der Waals surface area contributed by atoms with Crippen molar-refractivity contribution in [2.75, 3.05) is 6.61 Å². The van der Waals surface area contributed by atoms with Gasteiger partial charge in [0.25, 0.3) is 0 Å². The minimum Gasteiger partial charge on any atom is -0.392 e. The number of carbonyl (C=O) groups excluding carboxylic acids is 1. The van der Waals surface area contributed by atoms with Crippen LogP contribution in [0.2, 0.25) is 0 Å². The highest BCUT2D eigenvalue weighted by molar-refractivity contribution is 5.95. The fraction of sp³-hybridized carbons (Fsp3) is 0.750. The van der Waals surface area contributed by atoms with Gasteiger partial charge in [-0.3, -0.25) is 4.79 Å². The van der Waals surface area contributed by atoms with Crippen molar-refractivity contribution in [1.82, 2.24) is 0 Å². The summed E-state index contributed by atoms with van der Waals surface area (Å²) in [5.41, 5.74) is -2.58. The number of Topliss-reactive ketones (excluding diaryl/α,β-unsaturated/α-hetero) is 1.